The number of aliphatic carboxylic acids is 3. The van der Waals surface area contributed by atoms with Crippen LogP contribution in [0.15, 0.2) is 12.7 Å². The number of carboxylic acid groups (broad SMARTS) is 3. The standard InChI is InChI=1S/C37H69NO6/c1-5-6-7-8-9-10-11-12-13-14-15-16-17-18-19-20-21-22-23-24-28-38(29-25-32(2)35(39)40,30-26-33(3)36(41)42)31-27-34(4)37(43)44/h5,32-34H,1,6-31H2,2-4H3,(H2-,39,40,41,42,43,44). The Labute approximate surface area is 270 Å². The minimum absolute atomic E-state index is 0.446. The molecule has 0 heterocycles. The Hall–Kier alpha value is -1.89. The predicted molar refractivity (Wildman–Crippen MR) is 179 cm³/mol. The Balaban J connectivity index is 4.35. The molecule has 3 atom stereocenters. The van der Waals surface area contributed by atoms with Crippen molar-refractivity contribution in [3.05, 3.63) is 12.7 Å². The van der Waals surface area contributed by atoms with Crippen molar-refractivity contribution in [1.29, 1.82) is 0 Å². The normalized spacial score (nSPS) is 14.9. The summed E-state index contributed by atoms with van der Waals surface area (Å²) >= 11 is 0. The highest BCUT2D eigenvalue weighted by Crippen LogP contribution is 2.22. The quantitative estimate of drug-likeness (QED) is 0.0431. The maximum atomic E-state index is 11.5. The molecule has 7 nitrogen and oxygen atoms in total. The molecule has 0 aromatic carbocycles. The highest BCUT2D eigenvalue weighted by Gasteiger charge is 2.30. The first-order valence-electron chi connectivity index (χ1n) is 18.2. The number of unbranched alkanes of at least 4 members (excludes halogenated alkanes) is 18. The van der Waals surface area contributed by atoms with Crippen LogP contribution in [0.1, 0.15) is 162 Å². The van der Waals surface area contributed by atoms with Crippen LogP contribution in [0, 0.1) is 17.8 Å². The lowest BCUT2D eigenvalue weighted by Crippen LogP contribution is -2.52. The summed E-state index contributed by atoms with van der Waals surface area (Å²) in [5.41, 5.74) is 0. The van der Waals surface area contributed by atoms with Crippen LogP contribution < -0.4 is 5.11 Å². The zero-order chi connectivity index (χ0) is 33.1. The van der Waals surface area contributed by atoms with Crippen LogP contribution in [0.5, 0.6) is 0 Å². The average molecular weight is 624 g/mol. The Morgan fingerprint density at radius 3 is 1.14 bits per heavy atom. The third-order valence-electron chi connectivity index (χ3n) is 9.65. The lowest BCUT2D eigenvalue weighted by atomic mass is 10.0. The molecule has 7 heteroatoms. The van der Waals surface area contributed by atoms with E-state index in [9.17, 15) is 29.7 Å². The number of carboxylic acids is 3. The SMILES string of the molecule is C=CCCCCCCCCCCCCCCCCCCCC[N+](CCC(C)C(=O)[O-])(CCC(C)C(=O)O)CCC(C)C(=O)O. The van der Waals surface area contributed by atoms with Crippen molar-refractivity contribution in [3.63, 3.8) is 0 Å². The fourth-order valence-corrected chi connectivity index (χ4v) is 6.00. The molecule has 0 bridgehead atoms. The summed E-state index contributed by atoms with van der Waals surface area (Å²) in [5.74, 6) is -4.31. The van der Waals surface area contributed by atoms with Crippen LogP contribution in [0.3, 0.4) is 0 Å². The van der Waals surface area contributed by atoms with Gasteiger partial charge >= 0.3 is 11.9 Å². The smallest absolute Gasteiger partial charge is 0.306 e. The summed E-state index contributed by atoms with van der Waals surface area (Å²) in [5, 5.41) is 30.3. The first kappa shape index (κ1) is 42.1. The van der Waals surface area contributed by atoms with Crippen LogP contribution in [-0.2, 0) is 14.4 Å². The molecule has 0 aromatic rings. The molecule has 44 heavy (non-hydrogen) atoms. The van der Waals surface area contributed by atoms with Gasteiger partial charge in [0.2, 0.25) is 0 Å². The van der Waals surface area contributed by atoms with Crippen LogP contribution in [-0.4, -0.2) is 58.8 Å². The maximum absolute atomic E-state index is 11.5. The zero-order valence-electron chi connectivity index (χ0n) is 28.9. The zero-order valence-corrected chi connectivity index (χ0v) is 28.9. The topological polar surface area (TPSA) is 115 Å². The molecule has 0 aromatic heterocycles. The molecule has 0 saturated heterocycles. The highest BCUT2D eigenvalue weighted by atomic mass is 16.4. The Morgan fingerprint density at radius 1 is 0.545 bits per heavy atom. The van der Waals surface area contributed by atoms with E-state index in [2.05, 4.69) is 6.58 Å². The van der Waals surface area contributed by atoms with E-state index in [0.29, 0.717) is 43.4 Å². The van der Waals surface area contributed by atoms with Gasteiger partial charge in [0.05, 0.1) is 38.0 Å². The Morgan fingerprint density at radius 2 is 0.841 bits per heavy atom. The fourth-order valence-electron chi connectivity index (χ4n) is 6.00. The maximum Gasteiger partial charge on any atom is 0.306 e. The van der Waals surface area contributed by atoms with Gasteiger partial charge in [0, 0.05) is 31.1 Å². The van der Waals surface area contributed by atoms with Crippen LogP contribution in [0.25, 0.3) is 0 Å². The predicted octanol–water partition coefficient (Wildman–Crippen LogP) is 8.40. The van der Waals surface area contributed by atoms with Crippen molar-refractivity contribution in [1.82, 2.24) is 0 Å². The number of nitrogens with zero attached hydrogens (tertiary/aromatic N) is 1. The molecule has 0 rings (SSSR count). The van der Waals surface area contributed by atoms with Gasteiger partial charge in [-0.3, -0.25) is 9.59 Å². The highest BCUT2D eigenvalue weighted by molar-refractivity contribution is 5.69. The first-order valence-corrected chi connectivity index (χ1v) is 18.2. The van der Waals surface area contributed by atoms with Crippen molar-refractivity contribution in [3.8, 4) is 0 Å². The molecule has 0 aliphatic carbocycles. The van der Waals surface area contributed by atoms with E-state index < -0.39 is 35.7 Å². The second-order valence-corrected chi connectivity index (χ2v) is 13.7. The van der Waals surface area contributed by atoms with Gasteiger partial charge in [-0.15, -0.1) is 6.58 Å². The lowest BCUT2D eigenvalue weighted by Gasteiger charge is -2.41. The van der Waals surface area contributed by atoms with E-state index in [0.717, 1.165) is 25.8 Å². The summed E-state index contributed by atoms with van der Waals surface area (Å²) in [6.07, 6.45) is 28.0. The molecule has 0 radical (unpaired) electrons. The van der Waals surface area contributed by atoms with Gasteiger partial charge in [0.15, 0.2) is 0 Å². The lowest BCUT2D eigenvalue weighted by molar-refractivity contribution is -0.929. The van der Waals surface area contributed by atoms with Crippen molar-refractivity contribution in [2.75, 3.05) is 26.2 Å². The van der Waals surface area contributed by atoms with Gasteiger partial charge in [-0.25, -0.2) is 0 Å². The number of carbonyl (C=O) groups is 3. The van der Waals surface area contributed by atoms with Crippen molar-refractivity contribution >= 4 is 17.9 Å². The molecule has 0 aliphatic rings. The van der Waals surface area contributed by atoms with Gasteiger partial charge in [0.1, 0.15) is 0 Å². The summed E-state index contributed by atoms with van der Waals surface area (Å²) in [6.45, 7) is 11.5. The average Bonchev–Trinajstić information content (AvgIpc) is 2.99. The van der Waals surface area contributed by atoms with Crippen molar-refractivity contribution < 1.29 is 34.2 Å². The van der Waals surface area contributed by atoms with Crippen LogP contribution in [0.4, 0.5) is 0 Å². The van der Waals surface area contributed by atoms with Gasteiger partial charge in [0.25, 0.3) is 0 Å². The molecule has 0 fully saturated rings. The van der Waals surface area contributed by atoms with Crippen molar-refractivity contribution in [2.45, 2.75) is 162 Å². The van der Waals surface area contributed by atoms with E-state index in [4.69, 9.17) is 0 Å². The van der Waals surface area contributed by atoms with Gasteiger partial charge in [-0.1, -0.05) is 123 Å². The third-order valence-corrected chi connectivity index (χ3v) is 9.65. The number of quaternary nitrogens is 1. The molecule has 3 unspecified atom stereocenters. The molecule has 2 N–H and O–H groups in total. The third kappa shape index (κ3) is 23.5. The summed E-state index contributed by atoms with van der Waals surface area (Å²) in [7, 11) is 0. The summed E-state index contributed by atoms with van der Waals surface area (Å²) in [4.78, 5) is 34.4. The first-order chi connectivity index (χ1) is 21.0. The van der Waals surface area contributed by atoms with Gasteiger partial charge in [-0.05, 0) is 25.7 Å². The van der Waals surface area contributed by atoms with E-state index in [-0.39, 0.29) is 0 Å². The largest absolute Gasteiger partial charge is 0.550 e. The van der Waals surface area contributed by atoms with Crippen molar-refractivity contribution in [2.24, 2.45) is 17.8 Å². The molecular weight excluding hydrogens is 554 g/mol. The minimum Gasteiger partial charge on any atom is -0.550 e. The number of hydrogen-bond acceptors (Lipinski definition) is 4. The summed E-state index contributed by atoms with van der Waals surface area (Å²) < 4.78 is 0.586. The molecule has 258 valence electrons. The molecule has 0 spiro atoms. The van der Waals surface area contributed by atoms with Crippen LogP contribution in [0.2, 0.25) is 0 Å². The van der Waals surface area contributed by atoms with Gasteiger partial charge < -0.3 is 24.6 Å². The molecule has 0 aliphatic heterocycles. The van der Waals surface area contributed by atoms with Gasteiger partial charge in [-0.2, -0.15) is 0 Å². The van der Waals surface area contributed by atoms with E-state index in [1.807, 2.05) is 6.08 Å². The van der Waals surface area contributed by atoms with Crippen LogP contribution >= 0.6 is 0 Å². The minimum atomic E-state index is -1.07. The van der Waals surface area contributed by atoms with E-state index in [1.165, 1.54) is 103 Å². The monoisotopic (exact) mass is 624 g/mol. The number of allylic oxidation sites excluding steroid dienone is 1. The van der Waals surface area contributed by atoms with E-state index in [1.54, 1.807) is 20.8 Å². The van der Waals surface area contributed by atoms with E-state index >= 15 is 0 Å². The second-order valence-electron chi connectivity index (χ2n) is 13.7. The number of hydrogen-bond donors (Lipinski definition) is 2. The Bertz CT molecular complexity index is 694. The molecule has 0 amide bonds. The summed E-state index contributed by atoms with van der Waals surface area (Å²) in [6, 6.07) is 0. The number of rotatable bonds is 33. The molecule has 0 saturated carbocycles. The Kier molecular flexibility index (Phi) is 26.2. The molecular formula is C37H69NO6. The number of carbonyl (C=O) groups excluding carboxylic acids is 1. The fraction of sp³-hybridized carbons (Fsp3) is 0.865. The second kappa shape index (κ2) is 27.4.